The highest BCUT2D eigenvalue weighted by molar-refractivity contribution is 5.77. The van der Waals surface area contributed by atoms with E-state index in [0.29, 0.717) is 11.9 Å². The van der Waals surface area contributed by atoms with Gasteiger partial charge in [-0.3, -0.25) is 10.3 Å². The van der Waals surface area contributed by atoms with Crippen LogP contribution in [0.15, 0.2) is 0 Å². The van der Waals surface area contributed by atoms with Gasteiger partial charge < -0.3 is 10.6 Å². The fourth-order valence-corrected chi connectivity index (χ4v) is 1.97. The molecule has 82 valence electrons. The largest absolute Gasteiger partial charge is 0.388 e. The van der Waals surface area contributed by atoms with Crippen molar-refractivity contribution >= 4 is 5.84 Å². The van der Waals surface area contributed by atoms with Crippen LogP contribution in [0.5, 0.6) is 0 Å². The smallest absolute Gasteiger partial charge is 0.0921 e. The quantitative estimate of drug-likeness (QED) is 0.506. The van der Waals surface area contributed by atoms with Crippen LogP contribution in [0, 0.1) is 5.41 Å². The first-order valence-corrected chi connectivity index (χ1v) is 5.39. The number of nitrogens with one attached hydrogen (secondary N) is 1. The molecule has 14 heavy (non-hydrogen) atoms. The molecule has 4 heteroatoms. The van der Waals surface area contributed by atoms with Crippen LogP contribution in [0.4, 0.5) is 0 Å². The average molecular weight is 198 g/mol. The third kappa shape index (κ3) is 3.27. The van der Waals surface area contributed by atoms with E-state index >= 15 is 0 Å². The van der Waals surface area contributed by atoms with Gasteiger partial charge in [-0.15, -0.1) is 0 Å². The van der Waals surface area contributed by atoms with E-state index in [0.717, 1.165) is 39.0 Å². The summed E-state index contributed by atoms with van der Waals surface area (Å²) < 4.78 is 0. The Balaban J connectivity index is 2.40. The van der Waals surface area contributed by atoms with Crippen molar-refractivity contribution < 1.29 is 0 Å². The lowest BCUT2D eigenvalue weighted by Gasteiger charge is -2.37. The van der Waals surface area contributed by atoms with Gasteiger partial charge in [-0.25, -0.2) is 0 Å². The zero-order valence-corrected chi connectivity index (χ0v) is 9.29. The van der Waals surface area contributed by atoms with Gasteiger partial charge in [-0.1, -0.05) is 6.92 Å². The van der Waals surface area contributed by atoms with E-state index in [9.17, 15) is 0 Å². The number of piperazine rings is 1. The Morgan fingerprint density at radius 2 is 1.93 bits per heavy atom. The van der Waals surface area contributed by atoms with E-state index < -0.39 is 0 Å². The first-order chi connectivity index (χ1) is 6.63. The van der Waals surface area contributed by atoms with Crippen LogP contribution in [-0.2, 0) is 0 Å². The molecule has 0 radical (unpaired) electrons. The summed E-state index contributed by atoms with van der Waals surface area (Å²) in [5, 5.41) is 7.33. The highest BCUT2D eigenvalue weighted by Crippen LogP contribution is 2.11. The molecule has 0 amide bonds. The monoisotopic (exact) mass is 198 g/mol. The van der Waals surface area contributed by atoms with E-state index in [1.807, 2.05) is 0 Å². The lowest BCUT2D eigenvalue weighted by atomic mass is 10.1. The van der Waals surface area contributed by atoms with Crippen molar-refractivity contribution in [2.24, 2.45) is 5.73 Å². The van der Waals surface area contributed by atoms with E-state index in [1.165, 1.54) is 0 Å². The molecule has 0 aliphatic carbocycles. The van der Waals surface area contributed by atoms with Crippen LogP contribution in [0.1, 0.15) is 19.8 Å². The molecule has 0 aromatic heterocycles. The lowest BCUT2D eigenvalue weighted by Crippen LogP contribution is -2.49. The van der Waals surface area contributed by atoms with Crippen LogP contribution in [0.2, 0.25) is 0 Å². The maximum atomic E-state index is 7.33. The Hall–Kier alpha value is -0.610. The molecule has 0 aromatic rings. The average Bonchev–Trinajstić information content (AvgIpc) is 2.15. The predicted octanol–water partition coefficient (Wildman–Crippen LogP) is 0.338. The second-order valence-corrected chi connectivity index (χ2v) is 4.13. The zero-order chi connectivity index (χ0) is 10.6. The van der Waals surface area contributed by atoms with Crippen molar-refractivity contribution in [1.82, 2.24) is 9.80 Å². The molecule has 0 saturated carbocycles. The Bertz CT molecular complexity index is 185. The molecule has 1 aliphatic heterocycles. The molecular formula is C10H22N4. The second kappa shape index (κ2) is 5.32. The highest BCUT2D eigenvalue weighted by Gasteiger charge is 2.21. The minimum Gasteiger partial charge on any atom is -0.388 e. The molecule has 0 spiro atoms. The molecule has 1 fully saturated rings. The maximum Gasteiger partial charge on any atom is 0.0921 e. The summed E-state index contributed by atoms with van der Waals surface area (Å²) in [5.74, 6) is 0.316. The summed E-state index contributed by atoms with van der Waals surface area (Å²) in [6.07, 6.45) is 1.81. The van der Waals surface area contributed by atoms with Crippen LogP contribution in [0.25, 0.3) is 0 Å². The van der Waals surface area contributed by atoms with Gasteiger partial charge in [0, 0.05) is 38.6 Å². The third-order valence-corrected chi connectivity index (χ3v) is 2.98. The summed E-state index contributed by atoms with van der Waals surface area (Å²) in [4.78, 5) is 4.80. The van der Waals surface area contributed by atoms with Crippen molar-refractivity contribution in [2.75, 3.05) is 33.2 Å². The van der Waals surface area contributed by atoms with Gasteiger partial charge in [0.25, 0.3) is 0 Å². The SMILES string of the molecule is CCC(CC(=N)N)N1CCN(C)CC1. The number of hydrogen-bond acceptors (Lipinski definition) is 3. The molecule has 1 atom stereocenters. The number of amidine groups is 1. The molecular weight excluding hydrogens is 176 g/mol. The van der Waals surface area contributed by atoms with Crippen LogP contribution < -0.4 is 5.73 Å². The summed E-state index contributed by atoms with van der Waals surface area (Å²) in [5.41, 5.74) is 5.45. The molecule has 1 heterocycles. The number of likely N-dealkylation sites (N-methyl/N-ethyl adjacent to an activating group) is 1. The Labute approximate surface area is 86.6 Å². The molecule has 1 rings (SSSR count). The number of nitrogens with zero attached hydrogens (tertiary/aromatic N) is 2. The molecule has 4 nitrogen and oxygen atoms in total. The summed E-state index contributed by atoms with van der Waals surface area (Å²) >= 11 is 0. The van der Waals surface area contributed by atoms with Crippen molar-refractivity contribution in [1.29, 1.82) is 5.41 Å². The van der Waals surface area contributed by atoms with Gasteiger partial charge in [0.15, 0.2) is 0 Å². The Morgan fingerprint density at radius 3 is 2.36 bits per heavy atom. The van der Waals surface area contributed by atoms with E-state index in [-0.39, 0.29) is 0 Å². The first kappa shape index (κ1) is 11.5. The van der Waals surface area contributed by atoms with E-state index in [2.05, 4.69) is 23.8 Å². The van der Waals surface area contributed by atoms with Crippen LogP contribution >= 0.6 is 0 Å². The van der Waals surface area contributed by atoms with E-state index in [1.54, 1.807) is 0 Å². The molecule has 3 N–H and O–H groups in total. The van der Waals surface area contributed by atoms with Gasteiger partial charge >= 0.3 is 0 Å². The summed E-state index contributed by atoms with van der Waals surface area (Å²) in [7, 11) is 2.16. The normalized spacial score (nSPS) is 22.1. The second-order valence-electron chi connectivity index (χ2n) is 4.13. The van der Waals surface area contributed by atoms with Gasteiger partial charge in [-0.05, 0) is 13.5 Å². The maximum absolute atomic E-state index is 7.33. The van der Waals surface area contributed by atoms with Crippen LogP contribution in [0.3, 0.4) is 0 Å². The Kier molecular flexibility index (Phi) is 4.35. The summed E-state index contributed by atoms with van der Waals surface area (Å²) in [6, 6.07) is 0.473. The van der Waals surface area contributed by atoms with Gasteiger partial charge in [-0.2, -0.15) is 0 Å². The number of hydrogen-bond donors (Lipinski definition) is 2. The fourth-order valence-electron chi connectivity index (χ4n) is 1.97. The molecule has 1 saturated heterocycles. The Morgan fingerprint density at radius 1 is 1.36 bits per heavy atom. The van der Waals surface area contributed by atoms with Crippen LogP contribution in [-0.4, -0.2) is 54.9 Å². The lowest BCUT2D eigenvalue weighted by molar-refractivity contribution is 0.111. The van der Waals surface area contributed by atoms with E-state index in [4.69, 9.17) is 11.1 Å². The minimum atomic E-state index is 0.316. The number of rotatable bonds is 4. The van der Waals surface area contributed by atoms with Gasteiger partial charge in [0.2, 0.25) is 0 Å². The third-order valence-electron chi connectivity index (χ3n) is 2.98. The van der Waals surface area contributed by atoms with Crippen molar-refractivity contribution in [2.45, 2.75) is 25.8 Å². The zero-order valence-electron chi connectivity index (χ0n) is 9.29. The highest BCUT2D eigenvalue weighted by atomic mass is 15.3. The molecule has 0 aromatic carbocycles. The molecule has 1 unspecified atom stereocenters. The standard InChI is InChI=1S/C10H22N4/c1-3-9(8-10(11)12)14-6-4-13(2)5-7-14/h9H,3-8H2,1-2H3,(H3,11,12). The topological polar surface area (TPSA) is 56.4 Å². The summed E-state index contributed by atoms with van der Waals surface area (Å²) in [6.45, 7) is 6.67. The number of nitrogens with two attached hydrogens (primary N) is 1. The van der Waals surface area contributed by atoms with Crippen molar-refractivity contribution in [3.63, 3.8) is 0 Å². The fraction of sp³-hybridized carbons (Fsp3) is 0.900. The minimum absolute atomic E-state index is 0.316. The van der Waals surface area contributed by atoms with Crippen molar-refractivity contribution in [3.8, 4) is 0 Å². The van der Waals surface area contributed by atoms with Gasteiger partial charge in [0.1, 0.15) is 0 Å². The van der Waals surface area contributed by atoms with Crippen molar-refractivity contribution in [3.05, 3.63) is 0 Å². The predicted molar refractivity (Wildman–Crippen MR) is 59.7 cm³/mol. The molecule has 0 bridgehead atoms. The molecule has 1 aliphatic rings. The first-order valence-electron chi connectivity index (χ1n) is 5.39. The van der Waals surface area contributed by atoms with Gasteiger partial charge in [0.05, 0.1) is 5.84 Å².